The Morgan fingerprint density at radius 1 is 1.33 bits per heavy atom. The lowest BCUT2D eigenvalue weighted by molar-refractivity contribution is -0.123. The maximum atomic E-state index is 12.7. The maximum Gasteiger partial charge on any atom is 0.230 e. The maximum absolute atomic E-state index is 12.7. The minimum atomic E-state index is 0.185. The van der Waals surface area contributed by atoms with Crippen molar-refractivity contribution in [2.75, 3.05) is 11.4 Å². The van der Waals surface area contributed by atoms with Gasteiger partial charge in [-0.25, -0.2) is 0 Å². The van der Waals surface area contributed by atoms with Crippen molar-refractivity contribution in [1.82, 2.24) is 0 Å². The number of nitrogens with zero attached hydrogens (tertiary/aromatic N) is 1. The first-order valence-electron chi connectivity index (χ1n) is 8.34. The molecule has 1 saturated carbocycles. The summed E-state index contributed by atoms with van der Waals surface area (Å²) in [7, 11) is 0. The molecule has 1 aliphatic carbocycles. The lowest BCUT2D eigenvalue weighted by Crippen LogP contribution is -2.35. The van der Waals surface area contributed by atoms with Crippen molar-refractivity contribution in [3.05, 3.63) is 29.3 Å². The number of rotatable bonds is 3. The summed E-state index contributed by atoms with van der Waals surface area (Å²) in [6.45, 7) is 2.89. The van der Waals surface area contributed by atoms with Gasteiger partial charge < -0.3 is 10.6 Å². The second-order valence-electron chi connectivity index (χ2n) is 6.72. The summed E-state index contributed by atoms with van der Waals surface area (Å²) in [5, 5.41) is 0. The number of fused-ring (bicyclic) bond motifs is 1. The van der Waals surface area contributed by atoms with E-state index in [9.17, 15) is 4.79 Å². The van der Waals surface area contributed by atoms with Crippen molar-refractivity contribution in [2.45, 2.75) is 57.9 Å². The highest BCUT2D eigenvalue weighted by molar-refractivity contribution is 5.97. The Kier molecular flexibility index (Phi) is 4.29. The molecule has 0 spiro atoms. The van der Waals surface area contributed by atoms with Crippen LogP contribution in [-0.2, 0) is 17.6 Å². The molecule has 0 bridgehead atoms. The molecular weight excluding hydrogens is 260 g/mol. The Morgan fingerprint density at radius 3 is 2.81 bits per heavy atom. The van der Waals surface area contributed by atoms with Crippen LogP contribution in [0.3, 0.4) is 0 Å². The highest BCUT2D eigenvalue weighted by Gasteiger charge is 2.30. The molecule has 0 radical (unpaired) electrons. The molecule has 1 fully saturated rings. The normalized spacial score (nSPS) is 20.4. The predicted molar refractivity (Wildman–Crippen MR) is 86.4 cm³/mol. The van der Waals surface area contributed by atoms with E-state index in [4.69, 9.17) is 5.73 Å². The highest BCUT2D eigenvalue weighted by Crippen LogP contribution is 2.33. The van der Waals surface area contributed by atoms with Gasteiger partial charge in [-0.2, -0.15) is 0 Å². The zero-order valence-electron chi connectivity index (χ0n) is 13.0. The standard InChI is InChI=1S/C18H26N2O/c1-13(19)11-14-7-8-17-16(12-14)9-10-20(17)18(21)15-5-3-2-4-6-15/h7-8,12-13,15H,2-6,9-11,19H2,1H3. The lowest BCUT2D eigenvalue weighted by atomic mass is 9.88. The smallest absolute Gasteiger partial charge is 0.230 e. The number of hydrogen-bond donors (Lipinski definition) is 1. The molecule has 3 rings (SSSR count). The first-order chi connectivity index (χ1) is 10.1. The zero-order valence-corrected chi connectivity index (χ0v) is 13.0. The van der Waals surface area contributed by atoms with Crippen molar-refractivity contribution in [2.24, 2.45) is 11.7 Å². The number of carbonyl (C=O) groups is 1. The molecule has 1 aromatic rings. The first-order valence-corrected chi connectivity index (χ1v) is 8.34. The fraction of sp³-hybridized carbons (Fsp3) is 0.611. The molecule has 0 aromatic heterocycles. The Bertz CT molecular complexity index is 518. The SMILES string of the molecule is CC(N)Cc1ccc2c(c1)CCN2C(=O)C1CCCCC1. The van der Waals surface area contributed by atoms with Crippen LogP contribution in [-0.4, -0.2) is 18.5 Å². The van der Waals surface area contributed by atoms with Gasteiger partial charge in [0.1, 0.15) is 0 Å². The quantitative estimate of drug-likeness (QED) is 0.928. The summed E-state index contributed by atoms with van der Waals surface area (Å²) in [5.41, 5.74) is 9.62. The van der Waals surface area contributed by atoms with Crippen LogP contribution in [0.4, 0.5) is 5.69 Å². The third kappa shape index (κ3) is 3.13. The molecule has 3 heteroatoms. The molecule has 2 N–H and O–H groups in total. The van der Waals surface area contributed by atoms with Crippen molar-refractivity contribution in [3.8, 4) is 0 Å². The van der Waals surface area contributed by atoms with Crippen molar-refractivity contribution >= 4 is 11.6 Å². The molecule has 1 amide bonds. The van der Waals surface area contributed by atoms with Gasteiger partial charge >= 0.3 is 0 Å². The number of carbonyl (C=O) groups excluding carboxylic acids is 1. The molecule has 0 saturated heterocycles. The molecule has 114 valence electrons. The Hall–Kier alpha value is -1.35. The van der Waals surface area contributed by atoms with Crippen LogP contribution >= 0.6 is 0 Å². The molecular formula is C18H26N2O. The minimum absolute atomic E-state index is 0.185. The zero-order chi connectivity index (χ0) is 14.8. The molecule has 2 aliphatic rings. The molecule has 1 atom stereocenters. The Balaban J connectivity index is 1.75. The van der Waals surface area contributed by atoms with E-state index < -0.39 is 0 Å². The number of amides is 1. The molecule has 1 unspecified atom stereocenters. The fourth-order valence-electron chi connectivity index (χ4n) is 3.75. The second-order valence-corrected chi connectivity index (χ2v) is 6.72. The van der Waals surface area contributed by atoms with Crippen LogP contribution in [0.15, 0.2) is 18.2 Å². The van der Waals surface area contributed by atoms with E-state index in [2.05, 4.69) is 18.2 Å². The third-order valence-corrected chi connectivity index (χ3v) is 4.82. The van der Waals surface area contributed by atoms with Crippen molar-refractivity contribution in [3.63, 3.8) is 0 Å². The first kappa shape index (κ1) is 14.6. The van der Waals surface area contributed by atoms with E-state index in [1.54, 1.807) is 0 Å². The lowest BCUT2D eigenvalue weighted by Gasteiger charge is -2.26. The van der Waals surface area contributed by atoms with Gasteiger partial charge in [-0.05, 0) is 49.8 Å². The van der Waals surface area contributed by atoms with E-state index in [1.807, 2.05) is 11.8 Å². The topological polar surface area (TPSA) is 46.3 Å². The molecule has 3 nitrogen and oxygen atoms in total. The average molecular weight is 286 g/mol. The summed E-state index contributed by atoms with van der Waals surface area (Å²) in [4.78, 5) is 14.8. The minimum Gasteiger partial charge on any atom is -0.328 e. The fourth-order valence-corrected chi connectivity index (χ4v) is 3.75. The van der Waals surface area contributed by atoms with Gasteiger partial charge in [-0.15, -0.1) is 0 Å². The summed E-state index contributed by atoms with van der Waals surface area (Å²) in [6.07, 6.45) is 7.77. The number of nitrogens with two attached hydrogens (primary N) is 1. The van der Waals surface area contributed by atoms with Crippen LogP contribution < -0.4 is 10.6 Å². The molecule has 1 heterocycles. The summed E-state index contributed by atoms with van der Waals surface area (Å²) >= 11 is 0. The third-order valence-electron chi connectivity index (χ3n) is 4.82. The van der Waals surface area contributed by atoms with Gasteiger partial charge in [0, 0.05) is 24.2 Å². The van der Waals surface area contributed by atoms with Crippen LogP contribution in [0.2, 0.25) is 0 Å². The van der Waals surface area contributed by atoms with Crippen LogP contribution in [0.25, 0.3) is 0 Å². The van der Waals surface area contributed by atoms with E-state index in [0.29, 0.717) is 5.91 Å². The summed E-state index contributed by atoms with van der Waals surface area (Å²) in [5.74, 6) is 0.613. The second kappa shape index (κ2) is 6.18. The molecule has 1 aromatic carbocycles. The van der Waals surface area contributed by atoms with Gasteiger partial charge in [0.2, 0.25) is 5.91 Å². The number of anilines is 1. The van der Waals surface area contributed by atoms with Crippen molar-refractivity contribution in [1.29, 1.82) is 0 Å². The predicted octanol–water partition coefficient (Wildman–Crippen LogP) is 3.05. The number of benzene rings is 1. The molecule has 21 heavy (non-hydrogen) atoms. The van der Waals surface area contributed by atoms with E-state index in [0.717, 1.165) is 37.9 Å². The van der Waals surface area contributed by atoms with E-state index in [-0.39, 0.29) is 12.0 Å². The average Bonchev–Trinajstić information content (AvgIpc) is 2.90. The van der Waals surface area contributed by atoms with Gasteiger partial charge in [-0.1, -0.05) is 31.4 Å². The summed E-state index contributed by atoms with van der Waals surface area (Å²) < 4.78 is 0. The van der Waals surface area contributed by atoms with Crippen LogP contribution in [0.1, 0.15) is 50.2 Å². The molecule has 1 aliphatic heterocycles. The number of hydrogen-bond acceptors (Lipinski definition) is 2. The van der Waals surface area contributed by atoms with Crippen molar-refractivity contribution < 1.29 is 4.79 Å². The van der Waals surface area contributed by atoms with Gasteiger partial charge in [0.25, 0.3) is 0 Å². The van der Waals surface area contributed by atoms with Gasteiger partial charge in [0.15, 0.2) is 0 Å². The summed E-state index contributed by atoms with van der Waals surface area (Å²) in [6, 6.07) is 6.69. The van der Waals surface area contributed by atoms with Crippen LogP contribution in [0, 0.1) is 5.92 Å². The van der Waals surface area contributed by atoms with Gasteiger partial charge in [0.05, 0.1) is 0 Å². The van der Waals surface area contributed by atoms with E-state index >= 15 is 0 Å². The van der Waals surface area contributed by atoms with Crippen LogP contribution in [0.5, 0.6) is 0 Å². The Morgan fingerprint density at radius 2 is 2.10 bits per heavy atom. The Labute approximate surface area is 127 Å². The van der Waals surface area contributed by atoms with E-state index in [1.165, 1.54) is 30.4 Å². The highest BCUT2D eigenvalue weighted by atomic mass is 16.2. The van der Waals surface area contributed by atoms with Gasteiger partial charge in [-0.3, -0.25) is 4.79 Å². The largest absolute Gasteiger partial charge is 0.328 e. The monoisotopic (exact) mass is 286 g/mol.